The molecular formula is C25H28N6O4. The van der Waals surface area contributed by atoms with Crippen molar-refractivity contribution < 1.29 is 19.1 Å². The minimum Gasteiger partial charge on any atom is -0.436 e. The fourth-order valence-corrected chi connectivity index (χ4v) is 4.61. The Labute approximate surface area is 202 Å². The fourth-order valence-electron chi connectivity index (χ4n) is 4.61. The Balaban J connectivity index is 1.45. The van der Waals surface area contributed by atoms with Crippen molar-refractivity contribution >= 4 is 23.2 Å². The first kappa shape index (κ1) is 23.2. The number of aromatic nitrogens is 4. The summed E-state index contributed by atoms with van der Waals surface area (Å²) in [4.78, 5) is 22.2. The third-order valence-electron chi connectivity index (χ3n) is 6.53. The molecule has 1 atom stereocenters. The number of hydrogen-bond donors (Lipinski definition) is 2. The van der Waals surface area contributed by atoms with Crippen LogP contribution in [0, 0.1) is 0 Å². The number of fused-ring (bicyclic) bond motifs is 1. The van der Waals surface area contributed by atoms with Gasteiger partial charge in [0.15, 0.2) is 5.58 Å². The van der Waals surface area contributed by atoms with E-state index in [1.165, 1.54) is 0 Å². The molecule has 35 heavy (non-hydrogen) atoms. The van der Waals surface area contributed by atoms with Gasteiger partial charge >= 0.3 is 0 Å². The number of piperidine rings is 1. The normalized spacial score (nSPS) is 16.1. The SMILES string of the molecule is COCc1nn(C2CCN(C(C=O)CO)CC2)cc1-c1cnc(N)c(-c2nc3ccccc3o2)c1. The van der Waals surface area contributed by atoms with Crippen LogP contribution < -0.4 is 5.73 Å². The molecule has 10 heteroatoms. The molecule has 0 aliphatic carbocycles. The molecule has 4 aromatic rings. The average molecular weight is 477 g/mol. The molecule has 4 heterocycles. The standard InChI is InChI=1S/C25H28N6O4/c1-34-15-22-20(12-31(29-22)17-6-8-30(9-7-17)18(13-32)14-33)16-10-19(24(26)27-11-16)25-28-21-4-2-3-5-23(21)35-25/h2-5,10-13,17-18,33H,6-9,14-15H2,1H3,(H2,26,27). The van der Waals surface area contributed by atoms with Crippen LogP contribution in [0.1, 0.15) is 24.6 Å². The number of anilines is 1. The first-order valence-electron chi connectivity index (χ1n) is 11.6. The van der Waals surface area contributed by atoms with E-state index < -0.39 is 6.04 Å². The lowest BCUT2D eigenvalue weighted by Crippen LogP contribution is -2.44. The number of nitrogens with two attached hydrogens (primary N) is 1. The molecule has 0 radical (unpaired) electrons. The summed E-state index contributed by atoms with van der Waals surface area (Å²) in [5.41, 5.74) is 10.8. The number of carbonyl (C=O) groups excluding carboxylic acids is 1. The maximum atomic E-state index is 11.2. The van der Waals surface area contributed by atoms with Gasteiger partial charge in [-0.25, -0.2) is 9.97 Å². The topological polar surface area (TPSA) is 133 Å². The van der Waals surface area contributed by atoms with Crippen molar-refractivity contribution in [2.75, 3.05) is 32.5 Å². The number of likely N-dealkylation sites (tertiary alicyclic amines) is 1. The number of hydrogen-bond acceptors (Lipinski definition) is 9. The molecule has 1 aliphatic rings. The Kier molecular flexibility index (Phi) is 6.58. The summed E-state index contributed by atoms with van der Waals surface area (Å²) in [6, 6.07) is 9.22. The second kappa shape index (κ2) is 9.95. The Morgan fingerprint density at radius 1 is 1.29 bits per heavy atom. The summed E-state index contributed by atoms with van der Waals surface area (Å²) in [7, 11) is 1.64. The van der Waals surface area contributed by atoms with Crippen molar-refractivity contribution in [2.45, 2.75) is 31.5 Å². The monoisotopic (exact) mass is 476 g/mol. The lowest BCUT2D eigenvalue weighted by molar-refractivity contribution is -0.114. The van der Waals surface area contributed by atoms with Gasteiger partial charge in [0.1, 0.15) is 17.6 Å². The highest BCUT2D eigenvalue weighted by Crippen LogP contribution is 2.34. The van der Waals surface area contributed by atoms with Gasteiger partial charge in [-0.15, -0.1) is 0 Å². The number of nitrogen functional groups attached to an aromatic ring is 1. The average Bonchev–Trinajstić information content (AvgIpc) is 3.50. The minimum atomic E-state index is -0.445. The van der Waals surface area contributed by atoms with Crippen LogP contribution in [0.5, 0.6) is 0 Å². The van der Waals surface area contributed by atoms with Gasteiger partial charge in [-0.1, -0.05) is 12.1 Å². The van der Waals surface area contributed by atoms with Crippen LogP contribution >= 0.6 is 0 Å². The lowest BCUT2D eigenvalue weighted by Gasteiger charge is -2.34. The number of rotatable bonds is 8. The summed E-state index contributed by atoms with van der Waals surface area (Å²) in [6.45, 7) is 1.62. The van der Waals surface area contributed by atoms with Gasteiger partial charge in [-0.3, -0.25) is 9.58 Å². The summed E-state index contributed by atoms with van der Waals surface area (Å²) in [5, 5.41) is 14.2. The number of carbonyl (C=O) groups is 1. The zero-order chi connectivity index (χ0) is 24.4. The lowest BCUT2D eigenvalue weighted by atomic mass is 10.0. The highest BCUT2D eigenvalue weighted by atomic mass is 16.5. The molecule has 5 rings (SSSR count). The molecule has 3 N–H and O–H groups in total. The predicted molar refractivity (Wildman–Crippen MR) is 130 cm³/mol. The number of pyridine rings is 1. The maximum absolute atomic E-state index is 11.2. The number of aliphatic hydroxyl groups excluding tert-OH is 1. The van der Waals surface area contributed by atoms with Crippen LogP contribution in [0.25, 0.3) is 33.7 Å². The first-order chi connectivity index (χ1) is 17.1. The van der Waals surface area contributed by atoms with E-state index in [9.17, 15) is 9.90 Å². The van der Waals surface area contributed by atoms with Crippen molar-refractivity contribution in [3.05, 3.63) is 48.4 Å². The third-order valence-corrected chi connectivity index (χ3v) is 6.53. The van der Waals surface area contributed by atoms with Crippen LogP contribution in [-0.2, 0) is 16.1 Å². The number of aldehydes is 1. The van der Waals surface area contributed by atoms with E-state index >= 15 is 0 Å². The Morgan fingerprint density at radius 2 is 2.09 bits per heavy atom. The molecule has 0 spiro atoms. The van der Waals surface area contributed by atoms with E-state index in [1.807, 2.05) is 46.1 Å². The van der Waals surface area contributed by atoms with Gasteiger partial charge in [0.05, 0.1) is 36.6 Å². The number of nitrogens with zero attached hydrogens (tertiary/aromatic N) is 5. The zero-order valence-electron chi connectivity index (χ0n) is 19.5. The molecule has 1 unspecified atom stereocenters. The summed E-state index contributed by atoms with van der Waals surface area (Å²) in [5.74, 6) is 0.752. The van der Waals surface area contributed by atoms with E-state index in [0.717, 1.165) is 41.5 Å². The Bertz CT molecular complexity index is 1290. The van der Waals surface area contributed by atoms with Crippen LogP contribution in [0.2, 0.25) is 0 Å². The Morgan fingerprint density at radius 3 is 2.80 bits per heavy atom. The zero-order valence-corrected chi connectivity index (χ0v) is 19.5. The molecule has 0 amide bonds. The number of aliphatic hydroxyl groups is 1. The van der Waals surface area contributed by atoms with Gasteiger partial charge in [-0.05, 0) is 31.0 Å². The molecule has 10 nitrogen and oxygen atoms in total. The van der Waals surface area contributed by atoms with Crippen molar-refractivity contribution in [2.24, 2.45) is 0 Å². The second-order valence-corrected chi connectivity index (χ2v) is 8.70. The number of oxazole rings is 1. The van der Waals surface area contributed by atoms with E-state index in [2.05, 4.69) is 9.97 Å². The molecule has 1 saturated heterocycles. The first-order valence-corrected chi connectivity index (χ1v) is 11.6. The molecule has 182 valence electrons. The van der Waals surface area contributed by atoms with Crippen molar-refractivity contribution in [1.82, 2.24) is 24.6 Å². The summed E-state index contributed by atoms with van der Waals surface area (Å²) < 4.78 is 13.3. The van der Waals surface area contributed by atoms with E-state index in [4.69, 9.17) is 20.0 Å². The number of para-hydroxylation sites is 2. The highest BCUT2D eigenvalue weighted by Gasteiger charge is 2.27. The van der Waals surface area contributed by atoms with Crippen LogP contribution in [0.4, 0.5) is 5.82 Å². The predicted octanol–water partition coefficient (Wildman–Crippen LogP) is 2.68. The molecular weight excluding hydrogens is 448 g/mol. The quantitative estimate of drug-likeness (QED) is 0.368. The number of benzene rings is 1. The maximum Gasteiger partial charge on any atom is 0.231 e. The van der Waals surface area contributed by atoms with E-state index in [-0.39, 0.29) is 12.6 Å². The highest BCUT2D eigenvalue weighted by molar-refractivity contribution is 5.81. The Hall–Kier alpha value is -3.60. The van der Waals surface area contributed by atoms with Gasteiger partial charge in [0.2, 0.25) is 5.89 Å². The molecule has 0 bridgehead atoms. The van der Waals surface area contributed by atoms with Gasteiger partial charge in [0.25, 0.3) is 0 Å². The van der Waals surface area contributed by atoms with Crippen LogP contribution in [-0.4, -0.2) is 68.9 Å². The molecule has 1 fully saturated rings. The minimum absolute atomic E-state index is 0.162. The number of ether oxygens (including phenoxy) is 1. The summed E-state index contributed by atoms with van der Waals surface area (Å²) >= 11 is 0. The smallest absolute Gasteiger partial charge is 0.231 e. The molecule has 3 aromatic heterocycles. The number of methoxy groups -OCH3 is 1. The van der Waals surface area contributed by atoms with E-state index in [0.29, 0.717) is 42.6 Å². The van der Waals surface area contributed by atoms with Crippen LogP contribution in [0.3, 0.4) is 0 Å². The summed E-state index contributed by atoms with van der Waals surface area (Å²) in [6.07, 6.45) is 6.20. The molecule has 1 aromatic carbocycles. The molecule has 0 saturated carbocycles. The van der Waals surface area contributed by atoms with Gasteiger partial charge < -0.3 is 24.8 Å². The van der Waals surface area contributed by atoms with Crippen molar-refractivity contribution in [3.8, 4) is 22.6 Å². The van der Waals surface area contributed by atoms with Crippen molar-refractivity contribution in [3.63, 3.8) is 0 Å². The van der Waals surface area contributed by atoms with Gasteiger partial charge in [0, 0.05) is 43.7 Å². The largest absolute Gasteiger partial charge is 0.436 e. The van der Waals surface area contributed by atoms with Gasteiger partial charge in [-0.2, -0.15) is 5.10 Å². The van der Waals surface area contributed by atoms with Crippen molar-refractivity contribution in [1.29, 1.82) is 0 Å². The third kappa shape index (κ3) is 4.55. The van der Waals surface area contributed by atoms with Crippen LogP contribution in [0.15, 0.2) is 47.1 Å². The second-order valence-electron chi connectivity index (χ2n) is 8.70. The fraction of sp³-hybridized carbons (Fsp3) is 0.360. The van der Waals surface area contributed by atoms with E-state index in [1.54, 1.807) is 13.3 Å². The molecule has 1 aliphatic heterocycles.